The van der Waals surface area contributed by atoms with Crippen molar-refractivity contribution in [2.24, 2.45) is 5.73 Å². The van der Waals surface area contributed by atoms with E-state index in [1.807, 2.05) is 0 Å². The van der Waals surface area contributed by atoms with Crippen LogP contribution in [0, 0.1) is 0 Å². The molecular formula is C16H31N3O. The molecule has 4 nitrogen and oxygen atoms in total. The minimum Gasteiger partial charge on any atom is -0.375 e. The van der Waals surface area contributed by atoms with Crippen molar-refractivity contribution in [1.29, 1.82) is 0 Å². The van der Waals surface area contributed by atoms with Gasteiger partial charge in [0, 0.05) is 51.9 Å². The molecule has 3 fully saturated rings. The van der Waals surface area contributed by atoms with Crippen LogP contribution in [0.2, 0.25) is 0 Å². The second kappa shape index (κ2) is 6.73. The van der Waals surface area contributed by atoms with Crippen molar-refractivity contribution in [1.82, 2.24) is 9.80 Å². The molecule has 0 aromatic rings. The summed E-state index contributed by atoms with van der Waals surface area (Å²) in [4.78, 5) is 5.23. The Morgan fingerprint density at radius 1 is 1.05 bits per heavy atom. The first kappa shape index (κ1) is 14.8. The largest absolute Gasteiger partial charge is 0.375 e. The molecule has 1 spiro atoms. The zero-order valence-corrected chi connectivity index (χ0v) is 12.9. The molecule has 3 rings (SSSR count). The second-order valence-corrected chi connectivity index (χ2v) is 6.91. The van der Waals surface area contributed by atoms with Crippen molar-refractivity contribution >= 4 is 0 Å². The van der Waals surface area contributed by atoms with E-state index in [1.54, 1.807) is 0 Å². The minimum atomic E-state index is 0.246. The smallest absolute Gasteiger partial charge is 0.0697 e. The van der Waals surface area contributed by atoms with Crippen LogP contribution >= 0.6 is 0 Å². The lowest BCUT2D eigenvalue weighted by molar-refractivity contribution is -0.127. The van der Waals surface area contributed by atoms with Crippen LogP contribution in [0.5, 0.6) is 0 Å². The third-order valence-corrected chi connectivity index (χ3v) is 5.60. The van der Waals surface area contributed by atoms with Crippen molar-refractivity contribution in [3.05, 3.63) is 0 Å². The quantitative estimate of drug-likeness (QED) is 0.850. The van der Waals surface area contributed by atoms with Crippen LogP contribution in [-0.2, 0) is 4.74 Å². The zero-order valence-electron chi connectivity index (χ0n) is 12.9. The molecule has 1 aliphatic carbocycles. The lowest BCUT2D eigenvalue weighted by Crippen LogP contribution is -2.55. The predicted octanol–water partition coefficient (Wildman–Crippen LogP) is 1.44. The summed E-state index contributed by atoms with van der Waals surface area (Å²) in [5.74, 6) is 0. The van der Waals surface area contributed by atoms with Gasteiger partial charge in [-0.15, -0.1) is 0 Å². The molecule has 2 aliphatic heterocycles. The predicted molar refractivity (Wildman–Crippen MR) is 81.9 cm³/mol. The highest BCUT2D eigenvalue weighted by Crippen LogP contribution is 2.39. The average molecular weight is 281 g/mol. The molecular weight excluding hydrogens is 250 g/mol. The second-order valence-electron chi connectivity index (χ2n) is 6.91. The van der Waals surface area contributed by atoms with Gasteiger partial charge in [-0.1, -0.05) is 19.3 Å². The Labute approximate surface area is 123 Å². The standard InChI is InChI=1S/C16H31N3O/c17-7-8-18-9-11-19(12-10-18)15-4-13-20-16(14-15)5-2-1-3-6-16/h15H,1-14,17H2. The van der Waals surface area contributed by atoms with Crippen LogP contribution < -0.4 is 5.73 Å². The molecule has 2 N–H and O–H groups in total. The molecule has 0 amide bonds. The van der Waals surface area contributed by atoms with E-state index in [9.17, 15) is 0 Å². The van der Waals surface area contributed by atoms with Crippen molar-refractivity contribution in [3.63, 3.8) is 0 Å². The first-order chi connectivity index (χ1) is 9.81. The Kier molecular flexibility index (Phi) is 4.97. The molecule has 1 saturated carbocycles. The summed E-state index contributed by atoms with van der Waals surface area (Å²) in [6, 6.07) is 0.766. The monoisotopic (exact) mass is 281 g/mol. The third kappa shape index (κ3) is 3.35. The van der Waals surface area contributed by atoms with Crippen molar-refractivity contribution in [2.75, 3.05) is 45.9 Å². The number of hydrogen-bond acceptors (Lipinski definition) is 4. The highest BCUT2D eigenvalue weighted by molar-refractivity contribution is 4.93. The van der Waals surface area contributed by atoms with Crippen molar-refractivity contribution in [2.45, 2.75) is 56.6 Å². The normalized spacial score (nSPS) is 32.5. The summed E-state index contributed by atoms with van der Waals surface area (Å²) in [6.45, 7) is 7.67. The number of hydrogen-bond donors (Lipinski definition) is 1. The van der Waals surface area contributed by atoms with E-state index < -0.39 is 0 Å². The first-order valence-electron chi connectivity index (χ1n) is 8.62. The lowest BCUT2D eigenvalue weighted by atomic mass is 9.78. The van der Waals surface area contributed by atoms with Crippen LogP contribution in [-0.4, -0.2) is 67.3 Å². The first-order valence-corrected chi connectivity index (χ1v) is 8.62. The lowest BCUT2D eigenvalue weighted by Gasteiger charge is -2.48. The Morgan fingerprint density at radius 2 is 1.80 bits per heavy atom. The summed E-state index contributed by atoms with van der Waals surface area (Å²) in [7, 11) is 0. The van der Waals surface area contributed by atoms with Gasteiger partial charge in [-0.25, -0.2) is 0 Å². The van der Waals surface area contributed by atoms with Crippen molar-refractivity contribution in [3.8, 4) is 0 Å². The Bertz CT molecular complexity index is 291. The fourth-order valence-electron chi connectivity index (χ4n) is 4.39. The van der Waals surface area contributed by atoms with Crippen LogP contribution in [0.1, 0.15) is 44.9 Å². The van der Waals surface area contributed by atoms with Gasteiger partial charge in [-0.2, -0.15) is 0 Å². The maximum absolute atomic E-state index is 6.23. The number of piperazine rings is 1. The summed E-state index contributed by atoms with van der Waals surface area (Å²) in [5.41, 5.74) is 5.90. The maximum Gasteiger partial charge on any atom is 0.0697 e. The maximum atomic E-state index is 6.23. The summed E-state index contributed by atoms with van der Waals surface area (Å²) < 4.78 is 6.23. The van der Waals surface area contributed by atoms with Gasteiger partial charge in [0.15, 0.2) is 0 Å². The molecule has 1 atom stereocenters. The minimum absolute atomic E-state index is 0.246. The number of nitrogens with two attached hydrogens (primary N) is 1. The molecule has 1 unspecified atom stereocenters. The van der Waals surface area contributed by atoms with E-state index in [-0.39, 0.29) is 5.60 Å². The molecule has 2 saturated heterocycles. The fourth-order valence-corrected chi connectivity index (χ4v) is 4.39. The molecule has 4 heteroatoms. The van der Waals surface area contributed by atoms with E-state index in [0.717, 1.165) is 25.7 Å². The van der Waals surface area contributed by atoms with Gasteiger partial charge in [0.25, 0.3) is 0 Å². The van der Waals surface area contributed by atoms with Gasteiger partial charge < -0.3 is 10.5 Å². The van der Waals surface area contributed by atoms with E-state index in [2.05, 4.69) is 9.80 Å². The molecule has 0 aromatic carbocycles. The van der Waals surface area contributed by atoms with Gasteiger partial charge in [0.1, 0.15) is 0 Å². The summed E-state index contributed by atoms with van der Waals surface area (Å²) >= 11 is 0. The van der Waals surface area contributed by atoms with Gasteiger partial charge >= 0.3 is 0 Å². The summed E-state index contributed by atoms with van der Waals surface area (Å²) in [6.07, 6.45) is 9.28. The molecule has 2 heterocycles. The molecule has 116 valence electrons. The van der Waals surface area contributed by atoms with Gasteiger partial charge in [0.2, 0.25) is 0 Å². The molecule has 3 aliphatic rings. The van der Waals surface area contributed by atoms with Gasteiger partial charge in [-0.3, -0.25) is 9.80 Å². The van der Waals surface area contributed by atoms with E-state index in [0.29, 0.717) is 0 Å². The summed E-state index contributed by atoms with van der Waals surface area (Å²) in [5, 5.41) is 0. The molecule has 20 heavy (non-hydrogen) atoms. The Morgan fingerprint density at radius 3 is 2.50 bits per heavy atom. The Balaban J connectivity index is 1.52. The number of nitrogens with zero attached hydrogens (tertiary/aromatic N) is 2. The SMILES string of the molecule is NCCN1CCN(C2CCOC3(CCCCC3)C2)CC1. The van der Waals surface area contributed by atoms with Gasteiger partial charge in [0.05, 0.1) is 5.60 Å². The highest BCUT2D eigenvalue weighted by Gasteiger charge is 2.40. The van der Waals surface area contributed by atoms with Crippen LogP contribution in [0.3, 0.4) is 0 Å². The van der Waals surface area contributed by atoms with E-state index in [1.165, 1.54) is 71.1 Å². The Hall–Kier alpha value is -0.160. The third-order valence-electron chi connectivity index (χ3n) is 5.60. The molecule has 0 bridgehead atoms. The van der Waals surface area contributed by atoms with Crippen LogP contribution in [0.15, 0.2) is 0 Å². The number of ether oxygens (including phenoxy) is 1. The highest BCUT2D eigenvalue weighted by atomic mass is 16.5. The van der Waals surface area contributed by atoms with Crippen molar-refractivity contribution < 1.29 is 4.74 Å². The molecule has 0 radical (unpaired) electrons. The van der Waals surface area contributed by atoms with Crippen LogP contribution in [0.25, 0.3) is 0 Å². The van der Waals surface area contributed by atoms with E-state index in [4.69, 9.17) is 10.5 Å². The zero-order chi connectivity index (χ0) is 13.8. The number of rotatable bonds is 3. The van der Waals surface area contributed by atoms with Gasteiger partial charge in [-0.05, 0) is 25.7 Å². The van der Waals surface area contributed by atoms with E-state index >= 15 is 0 Å². The average Bonchev–Trinajstić information content (AvgIpc) is 2.49. The molecule has 0 aromatic heterocycles. The fraction of sp³-hybridized carbons (Fsp3) is 1.00. The topological polar surface area (TPSA) is 41.7 Å². The van der Waals surface area contributed by atoms with Crippen LogP contribution in [0.4, 0.5) is 0 Å².